The highest BCUT2D eigenvalue weighted by atomic mass is 16.4. The number of aliphatic hydroxyl groups excluding tert-OH is 1. The van der Waals surface area contributed by atoms with Gasteiger partial charge in [0.1, 0.15) is 6.29 Å². The van der Waals surface area contributed by atoms with Gasteiger partial charge in [0.15, 0.2) is 0 Å². The number of hydrogen-bond donors (Lipinski definition) is 2. The normalized spacial score (nSPS) is 31.6. The van der Waals surface area contributed by atoms with Gasteiger partial charge in [-0.25, -0.2) is 0 Å². The quantitative estimate of drug-likeness (QED) is 0.644. The van der Waals surface area contributed by atoms with E-state index in [1.54, 1.807) is 0 Å². The van der Waals surface area contributed by atoms with Crippen LogP contribution in [0, 0.1) is 11.8 Å². The molecule has 0 spiro atoms. The molecule has 4 nitrogen and oxygen atoms in total. The topological polar surface area (TPSA) is 74.6 Å². The molecule has 1 aliphatic carbocycles. The number of rotatable bonds is 5. The van der Waals surface area contributed by atoms with Gasteiger partial charge < -0.3 is 15.0 Å². The second-order valence-electron chi connectivity index (χ2n) is 3.91. The van der Waals surface area contributed by atoms with Gasteiger partial charge in [0, 0.05) is 6.42 Å². The van der Waals surface area contributed by atoms with E-state index in [0.717, 1.165) is 12.7 Å². The summed E-state index contributed by atoms with van der Waals surface area (Å²) in [6, 6.07) is 0. The van der Waals surface area contributed by atoms with Gasteiger partial charge in [-0.1, -0.05) is 0 Å². The summed E-state index contributed by atoms with van der Waals surface area (Å²) in [5.41, 5.74) is 0. The van der Waals surface area contributed by atoms with Gasteiger partial charge in [0.2, 0.25) is 0 Å². The fourth-order valence-electron chi connectivity index (χ4n) is 2.27. The van der Waals surface area contributed by atoms with Gasteiger partial charge in [0.25, 0.3) is 0 Å². The van der Waals surface area contributed by atoms with E-state index in [0.29, 0.717) is 19.3 Å². The second-order valence-corrected chi connectivity index (χ2v) is 3.91. The maximum absolute atomic E-state index is 10.5. The summed E-state index contributed by atoms with van der Waals surface area (Å²) < 4.78 is 0. The van der Waals surface area contributed by atoms with E-state index in [-0.39, 0.29) is 18.3 Å². The lowest BCUT2D eigenvalue weighted by Crippen LogP contribution is -2.22. The van der Waals surface area contributed by atoms with E-state index in [1.165, 1.54) is 0 Å². The van der Waals surface area contributed by atoms with E-state index >= 15 is 0 Å². The van der Waals surface area contributed by atoms with E-state index in [4.69, 9.17) is 5.11 Å². The fourth-order valence-corrected chi connectivity index (χ4v) is 2.27. The molecule has 1 saturated carbocycles. The van der Waals surface area contributed by atoms with Gasteiger partial charge in [-0.05, 0) is 31.1 Å². The molecule has 80 valence electrons. The van der Waals surface area contributed by atoms with Crippen molar-refractivity contribution in [2.75, 3.05) is 0 Å². The minimum absolute atomic E-state index is 0.0185. The molecule has 2 N–H and O–H groups in total. The number of carboxylic acids is 1. The molecular weight excluding hydrogens is 184 g/mol. The number of carbonyl (C=O) groups excluding carboxylic acids is 1. The summed E-state index contributed by atoms with van der Waals surface area (Å²) in [6.07, 6.45) is 3.05. The Kier molecular flexibility index (Phi) is 4.07. The molecule has 3 atom stereocenters. The van der Waals surface area contributed by atoms with Crippen LogP contribution in [0.4, 0.5) is 0 Å². The molecule has 0 unspecified atom stereocenters. The van der Waals surface area contributed by atoms with Crippen LogP contribution in [-0.4, -0.2) is 28.6 Å². The van der Waals surface area contributed by atoms with Gasteiger partial charge in [0.05, 0.1) is 12.5 Å². The Balaban J connectivity index is 2.47. The van der Waals surface area contributed by atoms with Crippen molar-refractivity contribution in [2.24, 2.45) is 11.8 Å². The molecule has 0 aromatic rings. The van der Waals surface area contributed by atoms with Gasteiger partial charge in [-0.3, -0.25) is 4.79 Å². The van der Waals surface area contributed by atoms with Crippen LogP contribution in [0.2, 0.25) is 0 Å². The number of aliphatic hydroxyl groups is 1. The smallest absolute Gasteiger partial charge is 0.303 e. The first-order valence-electron chi connectivity index (χ1n) is 4.98. The molecule has 0 bridgehead atoms. The van der Waals surface area contributed by atoms with Crippen molar-refractivity contribution >= 4 is 12.3 Å². The fraction of sp³-hybridized carbons (Fsp3) is 0.800. The Bertz CT molecular complexity index is 214. The molecule has 0 heterocycles. The predicted molar refractivity (Wildman–Crippen MR) is 49.8 cm³/mol. The van der Waals surface area contributed by atoms with Crippen molar-refractivity contribution in [2.45, 2.75) is 38.2 Å². The van der Waals surface area contributed by atoms with Crippen LogP contribution in [-0.2, 0) is 9.59 Å². The number of aliphatic carboxylic acids is 1. The Morgan fingerprint density at radius 1 is 1.43 bits per heavy atom. The van der Waals surface area contributed by atoms with Crippen LogP contribution in [0.5, 0.6) is 0 Å². The Morgan fingerprint density at radius 2 is 2.14 bits per heavy atom. The van der Waals surface area contributed by atoms with Crippen molar-refractivity contribution in [3.63, 3.8) is 0 Å². The van der Waals surface area contributed by atoms with Crippen molar-refractivity contribution in [1.82, 2.24) is 0 Å². The van der Waals surface area contributed by atoms with Gasteiger partial charge in [-0.15, -0.1) is 0 Å². The van der Waals surface area contributed by atoms with Crippen LogP contribution in [0.3, 0.4) is 0 Å². The van der Waals surface area contributed by atoms with Crippen LogP contribution in [0.25, 0.3) is 0 Å². The zero-order valence-electron chi connectivity index (χ0n) is 8.06. The molecule has 14 heavy (non-hydrogen) atoms. The lowest BCUT2D eigenvalue weighted by atomic mass is 9.88. The first-order chi connectivity index (χ1) is 6.65. The predicted octanol–water partition coefficient (Wildman–Crippen LogP) is 0.827. The molecule has 0 radical (unpaired) electrons. The van der Waals surface area contributed by atoms with Crippen molar-refractivity contribution in [3.8, 4) is 0 Å². The van der Waals surface area contributed by atoms with E-state index in [1.807, 2.05) is 0 Å². The molecular formula is C10H16O4. The molecule has 0 aliphatic heterocycles. The van der Waals surface area contributed by atoms with E-state index in [2.05, 4.69) is 0 Å². The molecule has 1 fully saturated rings. The first kappa shape index (κ1) is 11.2. The third kappa shape index (κ3) is 2.80. The molecule has 0 aromatic heterocycles. The third-order valence-corrected chi connectivity index (χ3v) is 3.00. The molecule has 0 saturated heterocycles. The number of aldehydes is 1. The average molecular weight is 200 g/mol. The maximum Gasteiger partial charge on any atom is 0.303 e. The largest absolute Gasteiger partial charge is 0.481 e. The molecule has 4 heteroatoms. The van der Waals surface area contributed by atoms with Crippen LogP contribution in [0.1, 0.15) is 32.1 Å². The zero-order valence-corrected chi connectivity index (χ0v) is 8.06. The molecule has 0 amide bonds. The number of carbonyl (C=O) groups is 2. The van der Waals surface area contributed by atoms with Crippen LogP contribution < -0.4 is 0 Å². The lowest BCUT2D eigenvalue weighted by Gasteiger charge is -2.19. The Hall–Kier alpha value is -0.900. The highest BCUT2D eigenvalue weighted by Gasteiger charge is 2.35. The summed E-state index contributed by atoms with van der Waals surface area (Å²) in [7, 11) is 0. The maximum atomic E-state index is 10.5. The minimum atomic E-state index is -0.868. The van der Waals surface area contributed by atoms with Crippen molar-refractivity contribution in [3.05, 3.63) is 0 Å². The summed E-state index contributed by atoms with van der Waals surface area (Å²) >= 11 is 0. The second kappa shape index (κ2) is 5.10. The zero-order chi connectivity index (χ0) is 10.6. The van der Waals surface area contributed by atoms with Crippen LogP contribution >= 0.6 is 0 Å². The number of hydrogen-bond acceptors (Lipinski definition) is 3. The summed E-state index contributed by atoms with van der Waals surface area (Å²) in [4.78, 5) is 20.7. The van der Waals surface area contributed by atoms with Gasteiger partial charge >= 0.3 is 5.97 Å². The third-order valence-electron chi connectivity index (χ3n) is 3.00. The highest BCUT2D eigenvalue weighted by molar-refractivity contribution is 5.67. The first-order valence-corrected chi connectivity index (χ1v) is 4.98. The van der Waals surface area contributed by atoms with Crippen molar-refractivity contribution < 1.29 is 19.8 Å². The molecule has 0 aromatic carbocycles. The Morgan fingerprint density at radius 3 is 2.71 bits per heavy atom. The number of carboxylic acid groups (broad SMARTS) is 1. The minimum Gasteiger partial charge on any atom is -0.481 e. The summed E-state index contributed by atoms with van der Waals surface area (Å²) in [5.74, 6) is -0.828. The Labute approximate surface area is 82.9 Å². The standard InChI is InChI=1S/C10H16O4/c11-5-1-2-7-3-4-9(12)8(7)6-10(13)14/h5,7-9,12H,1-4,6H2,(H,13,14)/t7-,8+,9-/m0/s1. The average Bonchev–Trinajstić information content (AvgIpc) is 2.45. The van der Waals surface area contributed by atoms with E-state index in [9.17, 15) is 14.7 Å². The monoisotopic (exact) mass is 200 g/mol. The van der Waals surface area contributed by atoms with Crippen LogP contribution in [0.15, 0.2) is 0 Å². The molecule has 1 aliphatic rings. The summed E-state index contributed by atoms with van der Waals surface area (Å²) in [6.45, 7) is 0. The lowest BCUT2D eigenvalue weighted by molar-refractivity contribution is -0.139. The summed E-state index contributed by atoms with van der Waals surface area (Å²) in [5, 5.41) is 18.2. The van der Waals surface area contributed by atoms with Crippen molar-refractivity contribution in [1.29, 1.82) is 0 Å². The van der Waals surface area contributed by atoms with E-state index < -0.39 is 12.1 Å². The molecule has 1 rings (SSSR count). The SMILES string of the molecule is O=CCC[C@H]1CC[C@H](O)[C@@H]1CC(=O)O. The highest BCUT2D eigenvalue weighted by Crippen LogP contribution is 2.37. The van der Waals surface area contributed by atoms with Gasteiger partial charge in [-0.2, -0.15) is 0 Å².